The fraction of sp³-hybridized carbons (Fsp3) is 0.466. The zero-order valence-electron chi connectivity index (χ0n) is 43.1. The molecule has 2 unspecified atom stereocenters. The standard InChI is InChI=1S/C58H68O17/c1-37(59)48-27-26-46(33-69-58-56(73-41(5)63)54(72-40(4)62)52(71-39(3)61)50(75-58)36-65-38(2)60)28-47(48)34-70-57-55(68-32-45-24-16-9-17-25-45)53(67-31-44-22-14-8-15-23-44)51(66-30-43-20-12-7-13-21-43)49(74-57)35-64-29-42-18-10-6-11-19-42/h6-25,28,47-58H,26-27,29-36H2,1-5H3/t47?,48?,49-,50-,51+,52-,53+,54+,55-,56-,57-,58-/m1/s1. The molecule has 402 valence electrons. The minimum atomic E-state index is -1.41. The van der Waals surface area contributed by atoms with E-state index >= 15 is 0 Å². The Hall–Kier alpha value is -6.15. The zero-order chi connectivity index (χ0) is 53.1. The first-order chi connectivity index (χ1) is 36.3. The van der Waals surface area contributed by atoms with E-state index in [2.05, 4.69) is 0 Å². The van der Waals surface area contributed by atoms with E-state index in [-0.39, 0.29) is 45.4 Å². The van der Waals surface area contributed by atoms with Gasteiger partial charge in [0, 0.05) is 39.5 Å². The quantitative estimate of drug-likeness (QED) is 0.0363. The Bertz CT molecular complexity index is 2450. The maximum atomic E-state index is 13.4. The predicted molar refractivity (Wildman–Crippen MR) is 269 cm³/mol. The summed E-state index contributed by atoms with van der Waals surface area (Å²) in [6.07, 6.45) is -7.97. The SMILES string of the molecule is CC(=O)OC[C@H]1O[C@@H](OCC2=CC(CO[C@@H]3O[C@H](COCc4ccccc4)[C@H](OCc4ccccc4)[C@H](OCc4ccccc4)[C@H]3OCc3ccccc3)C(C(C)=O)CC2)[C@H](OC(C)=O)[C@@H](OC(C)=O)[C@@H]1OC(C)=O. The number of hydrogen-bond acceptors (Lipinski definition) is 17. The topological polar surface area (TPSA) is 196 Å². The molecular formula is C58H68O17. The highest BCUT2D eigenvalue weighted by Crippen LogP contribution is 2.36. The second-order valence-corrected chi connectivity index (χ2v) is 18.8. The van der Waals surface area contributed by atoms with Crippen molar-refractivity contribution in [2.75, 3.05) is 26.4 Å². The third-order valence-corrected chi connectivity index (χ3v) is 12.9. The lowest BCUT2D eigenvalue weighted by Crippen LogP contribution is -2.63. The average molecular weight is 1040 g/mol. The molecule has 75 heavy (non-hydrogen) atoms. The third-order valence-electron chi connectivity index (χ3n) is 12.9. The van der Waals surface area contributed by atoms with E-state index in [1.807, 2.05) is 127 Å². The Morgan fingerprint density at radius 2 is 0.893 bits per heavy atom. The molecule has 0 spiro atoms. The van der Waals surface area contributed by atoms with Gasteiger partial charge in [-0.1, -0.05) is 127 Å². The highest BCUT2D eigenvalue weighted by atomic mass is 16.7. The Morgan fingerprint density at radius 3 is 1.40 bits per heavy atom. The van der Waals surface area contributed by atoms with Gasteiger partial charge in [-0.2, -0.15) is 0 Å². The Kier molecular flexibility index (Phi) is 21.6. The van der Waals surface area contributed by atoms with Gasteiger partial charge in [0.05, 0.1) is 46.2 Å². The zero-order valence-corrected chi connectivity index (χ0v) is 43.1. The van der Waals surface area contributed by atoms with Gasteiger partial charge in [0.15, 0.2) is 30.9 Å². The van der Waals surface area contributed by atoms with Crippen LogP contribution in [0, 0.1) is 11.8 Å². The van der Waals surface area contributed by atoms with Crippen LogP contribution in [0.25, 0.3) is 0 Å². The number of rotatable bonds is 25. The van der Waals surface area contributed by atoms with Crippen molar-refractivity contribution in [3.63, 3.8) is 0 Å². The molecule has 7 rings (SSSR count). The summed E-state index contributed by atoms with van der Waals surface area (Å²) in [5, 5.41) is 0. The number of benzene rings is 4. The fourth-order valence-corrected chi connectivity index (χ4v) is 9.45. The molecule has 2 aliphatic heterocycles. The molecule has 2 saturated heterocycles. The van der Waals surface area contributed by atoms with E-state index in [1.165, 1.54) is 6.92 Å². The lowest BCUT2D eigenvalue weighted by Gasteiger charge is -2.46. The summed E-state index contributed by atoms with van der Waals surface area (Å²) >= 11 is 0. The lowest BCUT2D eigenvalue weighted by atomic mass is 9.79. The average Bonchev–Trinajstić information content (AvgIpc) is 3.39. The molecule has 0 saturated carbocycles. The van der Waals surface area contributed by atoms with E-state index in [1.54, 1.807) is 6.92 Å². The van der Waals surface area contributed by atoms with Crippen molar-refractivity contribution >= 4 is 29.7 Å². The van der Waals surface area contributed by atoms with Crippen LogP contribution >= 0.6 is 0 Å². The molecule has 17 nitrogen and oxygen atoms in total. The summed E-state index contributed by atoms with van der Waals surface area (Å²) in [6, 6.07) is 39.3. The maximum Gasteiger partial charge on any atom is 0.303 e. The van der Waals surface area contributed by atoms with Crippen LogP contribution in [0.4, 0.5) is 0 Å². The number of ether oxygens (including phenoxy) is 12. The van der Waals surface area contributed by atoms with Gasteiger partial charge >= 0.3 is 23.9 Å². The third kappa shape index (κ3) is 17.2. The molecule has 1 aliphatic carbocycles. The van der Waals surface area contributed by atoms with E-state index in [4.69, 9.17) is 56.8 Å². The smallest absolute Gasteiger partial charge is 0.303 e. The van der Waals surface area contributed by atoms with Crippen LogP contribution in [-0.2, 0) is 107 Å². The molecule has 0 aromatic heterocycles. The van der Waals surface area contributed by atoms with Gasteiger partial charge in [0.2, 0.25) is 0 Å². The summed E-state index contributed by atoms with van der Waals surface area (Å²) in [6.45, 7) is 6.83. The molecule has 4 aromatic carbocycles. The van der Waals surface area contributed by atoms with E-state index < -0.39 is 104 Å². The van der Waals surface area contributed by atoms with Gasteiger partial charge < -0.3 is 56.8 Å². The van der Waals surface area contributed by atoms with Gasteiger partial charge in [-0.15, -0.1) is 0 Å². The van der Waals surface area contributed by atoms with Crippen molar-refractivity contribution in [2.24, 2.45) is 11.8 Å². The van der Waals surface area contributed by atoms with Gasteiger partial charge in [0.25, 0.3) is 0 Å². The fourth-order valence-electron chi connectivity index (χ4n) is 9.45. The minimum Gasteiger partial charge on any atom is -0.463 e. The van der Waals surface area contributed by atoms with Crippen molar-refractivity contribution in [1.82, 2.24) is 0 Å². The van der Waals surface area contributed by atoms with E-state index in [9.17, 15) is 24.0 Å². The van der Waals surface area contributed by atoms with Gasteiger partial charge in [-0.25, -0.2) is 0 Å². The largest absolute Gasteiger partial charge is 0.463 e. The molecule has 4 aromatic rings. The van der Waals surface area contributed by atoms with Crippen molar-refractivity contribution < 1.29 is 80.8 Å². The molecule has 0 N–H and O–H groups in total. The number of esters is 4. The first-order valence-corrected chi connectivity index (χ1v) is 25.3. The molecule has 17 heteroatoms. The molecule has 0 amide bonds. The Balaban J connectivity index is 1.17. The second kappa shape index (κ2) is 28.7. The Morgan fingerprint density at radius 1 is 0.440 bits per heavy atom. The van der Waals surface area contributed by atoms with Crippen LogP contribution in [0.15, 0.2) is 133 Å². The molecule has 2 heterocycles. The number of carbonyl (C=O) groups excluding carboxylic acids is 5. The molecular weight excluding hydrogens is 969 g/mol. The molecule has 3 aliphatic rings. The predicted octanol–water partition coefficient (Wildman–Crippen LogP) is 7.34. The summed E-state index contributed by atoms with van der Waals surface area (Å²) in [4.78, 5) is 62.6. The van der Waals surface area contributed by atoms with Gasteiger partial charge in [-0.3, -0.25) is 24.0 Å². The lowest BCUT2D eigenvalue weighted by molar-refractivity contribution is -0.330. The summed E-state index contributed by atoms with van der Waals surface area (Å²) < 4.78 is 75.3. The van der Waals surface area contributed by atoms with Gasteiger partial charge in [0.1, 0.15) is 42.9 Å². The van der Waals surface area contributed by atoms with E-state index in [0.29, 0.717) is 19.4 Å². The molecule has 2 fully saturated rings. The van der Waals surface area contributed by atoms with Crippen LogP contribution in [0.2, 0.25) is 0 Å². The summed E-state index contributed by atoms with van der Waals surface area (Å²) in [5.41, 5.74) is 4.56. The summed E-state index contributed by atoms with van der Waals surface area (Å²) in [5.74, 6) is -3.87. The van der Waals surface area contributed by atoms with E-state index in [0.717, 1.165) is 48.6 Å². The number of hydrogen-bond donors (Lipinski definition) is 0. The van der Waals surface area contributed by atoms with Crippen molar-refractivity contribution in [1.29, 1.82) is 0 Å². The molecule has 12 atom stereocenters. The molecule has 0 bridgehead atoms. The first kappa shape index (κ1) is 56.6. The van der Waals surface area contributed by atoms with Crippen molar-refractivity contribution in [3.8, 4) is 0 Å². The van der Waals surface area contributed by atoms with Crippen molar-refractivity contribution in [2.45, 2.75) is 135 Å². The van der Waals surface area contributed by atoms with Crippen LogP contribution in [0.1, 0.15) is 69.7 Å². The number of carbonyl (C=O) groups is 5. The highest BCUT2D eigenvalue weighted by molar-refractivity contribution is 5.79. The monoisotopic (exact) mass is 1040 g/mol. The number of ketones is 1. The van der Waals surface area contributed by atoms with Crippen molar-refractivity contribution in [3.05, 3.63) is 155 Å². The molecule has 0 radical (unpaired) electrons. The minimum absolute atomic E-state index is 0.0151. The Labute approximate surface area is 437 Å². The van der Waals surface area contributed by atoms with Crippen LogP contribution in [0.3, 0.4) is 0 Å². The maximum absolute atomic E-state index is 13.4. The van der Waals surface area contributed by atoms with Crippen LogP contribution < -0.4 is 0 Å². The van der Waals surface area contributed by atoms with Gasteiger partial charge in [-0.05, 0) is 47.6 Å². The second-order valence-electron chi connectivity index (χ2n) is 18.8. The summed E-state index contributed by atoms with van der Waals surface area (Å²) in [7, 11) is 0. The highest BCUT2D eigenvalue weighted by Gasteiger charge is 2.53. The first-order valence-electron chi connectivity index (χ1n) is 25.3. The number of Topliss-reactive ketones (excluding diaryl/α,β-unsaturated/α-hetero) is 1. The van der Waals surface area contributed by atoms with Crippen LogP contribution in [0.5, 0.6) is 0 Å². The normalized spacial score (nSPS) is 26.5. The van der Waals surface area contributed by atoms with Crippen LogP contribution in [-0.4, -0.2) is 117 Å².